The topological polar surface area (TPSA) is 74.6 Å². The third-order valence-electron chi connectivity index (χ3n) is 5.19. The summed E-state index contributed by atoms with van der Waals surface area (Å²) in [6.45, 7) is 2.04. The maximum Gasteiger partial charge on any atom is 0.249 e. The van der Waals surface area contributed by atoms with Gasteiger partial charge in [0.05, 0.1) is 32.7 Å². The molecule has 0 bridgehead atoms. The Balaban J connectivity index is 1.60. The second-order valence-corrected chi connectivity index (χ2v) is 8.28. The lowest BCUT2D eigenvalue weighted by atomic mass is 10.1. The smallest absolute Gasteiger partial charge is 0.249 e. The van der Waals surface area contributed by atoms with Crippen LogP contribution in [-0.4, -0.2) is 37.0 Å². The summed E-state index contributed by atoms with van der Waals surface area (Å²) in [6, 6.07) is 11.7. The molecule has 1 N–H and O–H groups in total. The van der Waals surface area contributed by atoms with Gasteiger partial charge < -0.3 is 19.5 Å². The van der Waals surface area contributed by atoms with Gasteiger partial charge in [0.1, 0.15) is 5.82 Å². The van der Waals surface area contributed by atoms with Gasteiger partial charge in [-0.25, -0.2) is 4.68 Å². The van der Waals surface area contributed by atoms with Crippen molar-refractivity contribution in [3.05, 3.63) is 64.9 Å². The molecule has 166 valence electrons. The molecule has 4 rings (SSSR count). The maximum atomic E-state index is 12.8. The average Bonchev–Trinajstić information content (AvgIpc) is 3.40. The predicted molar refractivity (Wildman–Crippen MR) is 127 cm³/mol. The molecule has 1 amide bonds. The molecule has 2 aromatic carbocycles. The van der Waals surface area contributed by atoms with Gasteiger partial charge in [0, 0.05) is 23.1 Å². The molecule has 0 spiro atoms. The van der Waals surface area contributed by atoms with E-state index >= 15 is 0 Å². The molecular formula is C24H25N3O4S. The van der Waals surface area contributed by atoms with Crippen molar-refractivity contribution in [1.29, 1.82) is 0 Å². The number of hydrogen-bond donors (Lipinski definition) is 1. The molecule has 2 heterocycles. The van der Waals surface area contributed by atoms with E-state index in [9.17, 15) is 4.79 Å². The highest BCUT2D eigenvalue weighted by Gasteiger charge is 2.24. The zero-order valence-electron chi connectivity index (χ0n) is 18.5. The van der Waals surface area contributed by atoms with E-state index in [-0.39, 0.29) is 5.91 Å². The molecule has 1 aliphatic heterocycles. The van der Waals surface area contributed by atoms with Crippen LogP contribution >= 0.6 is 11.8 Å². The summed E-state index contributed by atoms with van der Waals surface area (Å²) >= 11 is 1.79. The molecule has 32 heavy (non-hydrogen) atoms. The third kappa shape index (κ3) is 4.31. The quantitative estimate of drug-likeness (QED) is 0.529. The Morgan fingerprint density at radius 2 is 1.75 bits per heavy atom. The minimum absolute atomic E-state index is 0.244. The highest BCUT2D eigenvalue weighted by Crippen LogP contribution is 2.39. The van der Waals surface area contributed by atoms with Gasteiger partial charge in [0.2, 0.25) is 11.7 Å². The monoisotopic (exact) mass is 451 g/mol. The molecule has 0 atom stereocenters. The second-order valence-electron chi connectivity index (χ2n) is 7.30. The predicted octanol–water partition coefficient (Wildman–Crippen LogP) is 4.61. The largest absolute Gasteiger partial charge is 0.493 e. The van der Waals surface area contributed by atoms with Gasteiger partial charge >= 0.3 is 0 Å². The summed E-state index contributed by atoms with van der Waals surface area (Å²) in [5.41, 5.74) is 4.92. The van der Waals surface area contributed by atoms with E-state index in [4.69, 9.17) is 19.3 Å². The van der Waals surface area contributed by atoms with Crippen molar-refractivity contribution >= 4 is 29.6 Å². The number of carbonyl (C=O) groups excluding carboxylic acids is 1. The minimum Gasteiger partial charge on any atom is -0.493 e. The number of benzene rings is 2. The highest BCUT2D eigenvalue weighted by molar-refractivity contribution is 7.98. The fraction of sp³-hybridized carbons (Fsp3) is 0.250. The first-order valence-electron chi connectivity index (χ1n) is 10.1. The average molecular weight is 452 g/mol. The number of anilines is 1. The molecule has 1 aliphatic rings. The molecule has 7 nitrogen and oxygen atoms in total. The van der Waals surface area contributed by atoms with E-state index in [0.717, 1.165) is 34.0 Å². The number of fused-ring (bicyclic) bond motifs is 1. The molecule has 0 aliphatic carbocycles. The minimum atomic E-state index is -0.244. The molecular weight excluding hydrogens is 426 g/mol. The van der Waals surface area contributed by atoms with E-state index in [0.29, 0.717) is 23.1 Å². The van der Waals surface area contributed by atoms with Crippen molar-refractivity contribution in [3.63, 3.8) is 0 Å². The van der Waals surface area contributed by atoms with Crippen molar-refractivity contribution in [2.75, 3.05) is 26.6 Å². The molecule has 3 aromatic rings. The van der Waals surface area contributed by atoms with E-state index in [1.165, 1.54) is 11.6 Å². The van der Waals surface area contributed by atoms with Gasteiger partial charge in [-0.3, -0.25) is 4.79 Å². The van der Waals surface area contributed by atoms with Crippen LogP contribution in [0, 0.1) is 6.92 Å². The number of ether oxygens (including phenoxy) is 3. The summed E-state index contributed by atoms with van der Waals surface area (Å²) in [5.74, 6) is 3.70. The lowest BCUT2D eigenvalue weighted by Gasteiger charge is -2.13. The Labute approximate surface area is 191 Å². The summed E-state index contributed by atoms with van der Waals surface area (Å²) < 4.78 is 17.9. The first-order valence-corrected chi connectivity index (χ1v) is 11.2. The number of methoxy groups -OCH3 is 3. The molecule has 8 heteroatoms. The summed E-state index contributed by atoms with van der Waals surface area (Å²) in [4.78, 5) is 12.8. The number of aromatic nitrogens is 2. The Bertz CT molecular complexity index is 1140. The van der Waals surface area contributed by atoms with E-state index in [2.05, 4.69) is 5.32 Å². The second kappa shape index (κ2) is 9.40. The number of amides is 1. The van der Waals surface area contributed by atoms with Gasteiger partial charge in [-0.05, 0) is 42.8 Å². The third-order valence-corrected chi connectivity index (χ3v) is 6.16. The molecule has 0 saturated heterocycles. The van der Waals surface area contributed by atoms with Crippen LogP contribution in [0.25, 0.3) is 11.8 Å². The molecule has 1 aromatic heterocycles. The van der Waals surface area contributed by atoms with Crippen molar-refractivity contribution in [2.45, 2.75) is 18.4 Å². The standard InChI is InChI=1S/C24H25N3O4S/c1-15-5-8-17(9-6-15)27-24(18-13-32-14-19(18)26-27)25-22(28)10-7-16-11-20(29-2)23(31-4)21(12-16)30-3/h5-12H,13-14H2,1-4H3,(H,25,28)/b10-7+. The van der Waals surface area contributed by atoms with E-state index < -0.39 is 0 Å². The Hall–Kier alpha value is -3.39. The zero-order valence-corrected chi connectivity index (χ0v) is 19.3. The molecule has 0 fully saturated rings. The fourth-order valence-electron chi connectivity index (χ4n) is 3.54. The van der Waals surface area contributed by atoms with Crippen molar-refractivity contribution < 1.29 is 19.0 Å². The van der Waals surface area contributed by atoms with Gasteiger partial charge in [-0.15, -0.1) is 0 Å². The summed E-state index contributed by atoms with van der Waals surface area (Å²) in [6.07, 6.45) is 3.20. The first kappa shape index (κ1) is 21.8. The SMILES string of the molecule is COc1cc(/C=C/C(=O)Nc2c3c(nn2-c2ccc(C)cc2)CSC3)cc(OC)c1OC. The highest BCUT2D eigenvalue weighted by atomic mass is 32.2. The van der Waals surface area contributed by atoms with Crippen LogP contribution in [-0.2, 0) is 16.3 Å². The number of carbonyl (C=O) groups is 1. The van der Waals surface area contributed by atoms with Crippen LogP contribution in [0.4, 0.5) is 5.82 Å². The van der Waals surface area contributed by atoms with Crippen LogP contribution in [0.1, 0.15) is 22.4 Å². The van der Waals surface area contributed by atoms with E-state index in [1.807, 2.05) is 35.9 Å². The maximum absolute atomic E-state index is 12.8. The Morgan fingerprint density at radius 3 is 2.38 bits per heavy atom. The van der Waals surface area contributed by atoms with Crippen LogP contribution in [0.5, 0.6) is 17.2 Å². The number of thioether (sulfide) groups is 1. The van der Waals surface area contributed by atoms with Gasteiger partial charge in [-0.2, -0.15) is 16.9 Å². The van der Waals surface area contributed by atoms with Gasteiger partial charge in [0.25, 0.3) is 0 Å². The van der Waals surface area contributed by atoms with Crippen LogP contribution in [0.15, 0.2) is 42.5 Å². The summed E-state index contributed by atoms with van der Waals surface area (Å²) in [7, 11) is 4.67. The zero-order chi connectivity index (χ0) is 22.7. The fourth-order valence-corrected chi connectivity index (χ4v) is 4.58. The number of aryl methyl sites for hydroxylation is 1. The lowest BCUT2D eigenvalue weighted by Crippen LogP contribution is -2.13. The van der Waals surface area contributed by atoms with Crippen molar-refractivity contribution in [1.82, 2.24) is 9.78 Å². The number of hydrogen-bond acceptors (Lipinski definition) is 6. The first-order chi connectivity index (χ1) is 15.5. The van der Waals surface area contributed by atoms with Crippen LogP contribution < -0.4 is 19.5 Å². The lowest BCUT2D eigenvalue weighted by molar-refractivity contribution is -0.111. The molecule has 0 unspecified atom stereocenters. The van der Waals surface area contributed by atoms with Crippen molar-refractivity contribution in [3.8, 4) is 22.9 Å². The number of nitrogens with one attached hydrogen (secondary N) is 1. The van der Waals surface area contributed by atoms with E-state index in [1.54, 1.807) is 51.3 Å². The number of nitrogens with zero attached hydrogens (tertiary/aromatic N) is 2. The van der Waals surface area contributed by atoms with Gasteiger partial charge in [0.15, 0.2) is 11.5 Å². The van der Waals surface area contributed by atoms with Crippen LogP contribution in [0.3, 0.4) is 0 Å². The molecule has 0 saturated carbocycles. The number of rotatable bonds is 7. The Morgan fingerprint density at radius 1 is 1.06 bits per heavy atom. The molecule has 0 radical (unpaired) electrons. The normalized spacial score (nSPS) is 12.6. The van der Waals surface area contributed by atoms with Crippen LogP contribution in [0.2, 0.25) is 0 Å². The summed E-state index contributed by atoms with van der Waals surface area (Å²) in [5, 5.41) is 7.76. The Kier molecular flexibility index (Phi) is 6.41. The van der Waals surface area contributed by atoms with Gasteiger partial charge in [-0.1, -0.05) is 17.7 Å². The van der Waals surface area contributed by atoms with Crippen molar-refractivity contribution in [2.24, 2.45) is 0 Å².